The van der Waals surface area contributed by atoms with Gasteiger partial charge in [-0.2, -0.15) is 0 Å². The summed E-state index contributed by atoms with van der Waals surface area (Å²) in [5.41, 5.74) is 1.16. The summed E-state index contributed by atoms with van der Waals surface area (Å²) in [6, 6.07) is 8.00. The summed E-state index contributed by atoms with van der Waals surface area (Å²) in [4.78, 5) is 14.4. The molecule has 1 saturated heterocycles. The van der Waals surface area contributed by atoms with E-state index in [2.05, 4.69) is 26.8 Å². The summed E-state index contributed by atoms with van der Waals surface area (Å²) >= 11 is 0. The van der Waals surface area contributed by atoms with Crippen LogP contribution in [0, 0.1) is 5.92 Å². The summed E-state index contributed by atoms with van der Waals surface area (Å²) in [5, 5.41) is 0. The number of nitrogens with zero attached hydrogens (tertiary/aromatic N) is 1. The minimum atomic E-state index is -0.418. The highest BCUT2D eigenvalue weighted by Crippen LogP contribution is 2.27. The molecular formula is C18H27NO2. The average molecular weight is 289 g/mol. The van der Waals surface area contributed by atoms with Gasteiger partial charge in [-0.25, -0.2) is 0 Å². The number of hydrogen-bond donors (Lipinski definition) is 0. The fourth-order valence-electron chi connectivity index (χ4n) is 2.79. The van der Waals surface area contributed by atoms with E-state index < -0.39 is 6.10 Å². The molecule has 1 aliphatic rings. The van der Waals surface area contributed by atoms with Crippen LogP contribution < -0.4 is 4.74 Å². The summed E-state index contributed by atoms with van der Waals surface area (Å²) in [5.74, 6) is 2.06. The van der Waals surface area contributed by atoms with Crippen molar-refractivity contribution in [2.75, 3.05) is 13.1 Å². The number of piperidine rings is 1. The summed E-state index contributed by atoms with van der Waals surface area (Å²) < 4.78 is 5.96. The Bertz CT molecular complexity index is 476. The zero-order valence-electron chi connectivity index (χ0n) is 13.6. The third-order valence-electron chi connectivity index (χ3n) is 4.29. The van der Waals surface area contributed by atoms with E-state index in [4.69, 9.17) is 4.74 Å². The van der Waals surface area contributed by atoms with E-state index in [1.807, 2.05) is 30.0 Å². The van der Waals surface area contributed by atoms with Crippen LogP contribution in [-0.2, 0) is 4.79 Å². The first-order valence-corrected chi connectivity index (χ1v) is 8.03. The minimum Gasteiger partial charge on any atom is -0.481 e. The Hall–Kier alpha value is -1.51. The highest BCUT2D eigenvalue weighted by Gasteiger charge is 2.26. The van der Waals surface area contributed by atoms with Crippen molar-refractivity contribution in [2.24, 2.45) is 5.92 Å². The van der Waals surface area contributed by atoms with Crippen molar-refractivity contribution in [1.29, 1.82) is 0 Å². The Morgan fingerprint density at radius 1 is 1.19 bits per heavy atom. The lowest BCUT2D eigenvalue weighted by Gasteiger charge is -2.32. The fraction of sp³-hybridized carbons (Fsp3) is 0.611. The van der Waals surface area contributed by atoms with Gasteiger partial charge in [0.1, 0.15) is 5.75 Å². The molecule has 1 atom stereocenters. The smallest absolute Gasteiger partial charge is 0.263 e. The Morgan fingerprint density at radius 2 is 1.81 bits per heavy atom. The molecule has 0 unspecified atom stereocenters. The van der Waals surface area contributed by atoms with Gasteiger partial charge in [0.25, 0.3) is 5.91 Å². The molecule has 0 N–H and O–H groups in total. The van der Waals surface area contributed by atoms with Gasteiger partial charge in [-0.05, 0) is 43.2 Å². The van der Waals surface area contributed by atoms with Crippen molar-refractivity contribution in [3.8, 4) is 5.75 Å². The lowest BCUT2D eigenvalue weighted by Crippen LogP contribution is -2.44. The predicted octanol–water partition coefficient (Wildman–Crippen LogP) is 3.84. The number of likely N-dealkylation sites (tertiary alicyclic amines) is 1. The van der Waals surface area contributed by atoms with Crippen LogP contribution in [0.1, 0.15) is 52.0 Å². The van der Waals surface area contributed by atoms with Crippen molar-refractivity contribution in [2.45, 2.75) is 52.6 Å². The molecule has 1 fully saturated rings. The van der Waals surface area contributed by atoms with E-state index in [-0.39, 0.29) is 5.91 Å². The van der Waals surface area contributed by atoms with Gasteiger partial charge >= 0.3 is 0 Å². The second kappa shape index (κ2) is 6.97. The van der Waals surface area contributed by atoms with Crippen molar-refractivity contribution in [3.63, 3.8) is 0 Å². The molecule has 0 spiro atoms. The molecule has 0 aliphatic carbocycles. The summed E-state index contributed by atoms with van der Waals surface area (Å²) in [7, 11) is 0. The Kier molecular flexibility index (Phi) is 5.27. The number of hydrogen-bond acceptors (Lipinski definition) is 2. The van der Waals surface area contributed by atoms with Crippen LogP contribution in [0.25, 0.3) is 0 Å². The Balaban J connectivity index is 2.01. The molecule has 1 aromatic carbocycles. The topological polar surface area (TPSA) is 29.5 Å². The van der Waals surface area contributed by atoms with Crippen LogP contribution in [0.2, 0.25) is 0 Å². The molecular weight excluding hydrogens is 262 g/mol. The molecule has 2 rings (SSSR count). The number of benzene rings is 1. The SMILES string of the molecule is CC1CCN(C(=O)[C@H](C)Oc2ccccc2C(C)C)CC1. The molecule has 0 aromatic heterocycles. The first-order chi connectivity index (χ1) is 9.99. The van der Waals surface area contributed by atoms with E-state index in [1.165, 1.54) is 0 Å². The molecule has 116 valence electrons. The largest absolute Gasteiger partial charge is 0.481 e. The monoisotopic (exact) mass is 289 g/mol. The summed E-state index contributed by atoms with van der Waals surface area (Å²) in [6.45, 7) is 10.1. The molecule has 0 radical (unpaired) electrons. The van der Waals surface area contributed by atoms with Gasteiger partial charge in [0.2, 0.25) is 0 Å². The molecule has 1 aromatic rings. The maximum Gasteiger partial charge on any atom is 0.263 e. The molecule has 0 bridgehead atoms. The Morgan fingerprint density at radius 3 is 2.43 bits per heavy atom. The van der Waals surface area contributed by atoms with E-state index in [0.29, 0.717) is 5.92 Å². The number of ether oxygens (including phenoxy) is 1. The molecule has 1 aliphatic heterocycles. The predicted molar refractivity (Wildman–Crippen MR) is 85.6 cm³/mol. The van der Waals surface area contributed by atoms with Gasteiger partial charge < -0.3 is 9.64 Å². The first kappa shape index (κ1) is 15.9. The third kappa shape index (κ3) is 3.99. The highest BCUT2D eigenvalue weighted by molar-refractivity contribution is 5.81. The van der Waals surface area contributed by atoms with Crippen LogP contribution in [0.5, 0.6) is 5.75 Å². The first-order valence-electron chi connectivity index (χ1n) is 8.03. The van der Waals surface area contributed by atoms with Crippen LogP contribution in [0.3, 0.4) is 0 Å². The maximum atomic E-state index is 12.5. The van der Waals surface area contributed by atoms with Gasteiger partial charge in [-0.15, -0.1) is 0 Å². The quantitative estimate of drug-likeness (QED) is 0.843. The maximum absolute atomic E-state index is 12.5. The molecule has 1 amide bonds. The van der Waals surface area contributed by atoms with Gasteiger partial charge in [0.05, 0.1) is 0 Å². The van der Waals surface area contributed by atoms with Gasteiger partial charge in [-0.1, -0.05) is 39.0 Å². The number of para-hydroxylation sites is 1. The van der Waals surface area contributed by atoms with Gasteiger partial charge in [-0.3, -0.25) is 4.79 Å². The van der Waals surface area contributed by atoms with E-state index >= 15 is 0 Å². The van der Waals surface area contributed by atoms with Crippen LogP contribution >= 0.6 is 0 Å². The number of rotatable bonds is 4. The molecule has 0 saturated carbocycles. The van der Waals surface area contributed by atoms with E-state index in [1.54, 1.807) is 0 Å². The lowest BCUT2D eigenvalue weighted by molar-refractivity contribution is -0.139. The van der Waals surface area contributed by atoms with Crippen molar-refractivity contribution < 1.29 is 9.53 Å². The number of carbonyl (C=O) groups is 1. The molecule has 21 heavy (non-hydrogen) atoms. The van der Waals surface area contributed by atoms with Crippen LogP contribution in [0.4, 0.5) is 0 Å². The van der Waals surface area contributed by atoms with Crippen molar-refractivity contribution in [3.05, 3.63) is 29.8 Å². The molecule has 3 nitrogen and oxygen atoms in total. The highest BCUT2D eigenvalue weighted by atomic mass is 16.5. The standard InChI is InChI=1S/C18H27NO2/c1-13(2)16-7-5-6-8-17(16)21-15(4)18(20)19-11-9-14(3)10-12-19/h5-8,13-15H,9-12H2,1-4H3/t15-/m0/s1. The molecule has 1 heterocycles. The number of carbonyl (C=O) groups excluding carboxylic acids is 1. The third-order valence-corrected chi connectivity index (χ3v) is 4.29. The second-order valence-electron chi connectivity index (χ2n) is 6.46. The van der Waals surface area contributed by atoms with Crippen molar-refractivity contribution in [1.82, 2.24) is 4.90 Å². The second-order valence-corrected chi connectivity index (χ2v) is 6.46. The fourth-order valence-corrected chi connectivity index (χ4v) is 2.79. The van der Waals surface area contributed by atoms with Gasteiger partial charge in [0, 0.05) is 13.1 Å². The minimum absolute atomic E-state index is 0.112. The average Bonchev–Trinajstić information content (AvgIpc) is 2.47. The zero-order chi connectivity index (χ0) is 15.4. The van der Waals surface area contributed by atoms with Crippen molar-refractivity contribution >= 4 is 5.91 Å². The van der Waals surface area contributed by atoms with Gasteiger partial charge in [0.15, 0.2) is 6.10 Å². The zero-order valence-corrected chi connectivity index (χ0v) is 13.6. The lowest BCUT2D eigenvalue weighted by atomic mass is 9.99. The number of amides is 1. The van der Waals surface area contributed by atoms with Crippen LogP contribution in [0.15, 0.2) is 24.3 Å². The normalized spacial score (nSPS) is 17.9. The molecule has 3 heteroatoms. The van der Waals surface area contributed by atoms with Crippen LogP contribution in [-0.4, -0.2) is 30.0 Å². The Labute approximate surface area is 128 Å². The summed E-state index contributed by atoms with van der Waals surface area (Å²) in [6.07, 6.45) is 1.78. The van der Waals surface area contributed by atoms with E-state index in [9.17, 15) is 4.79 Å². The van der Waals surface area contributed by atoms with E-state index in [0.717, 1.165) is 43.2 Å².